The summed E-state index contributed by atoms with van der Waals surface area (Å²) >= 11 is 5.70. The number of amides is 2. The summed E-state index contributed by atoms with van der Waals surface area (Å²) in [5.74, 6) is -0.956. The summed E-state index contributed by atoms with van der Waals surface area (Å²) in [4.78, 5) is 25.7. The van der Waals surface area contributed by atoms with Gasteiger partial charge in [-0.05, 0) is 49.2 Å². The first-order valence-electron chi connectivity index (χ1n) is 7.88. The third-order valence-corrected chi connectivity index (χ3v) is 4.09. The molecule has 0 spiro atoms. The molecular weight excluding hydrogens is 343 g/mol. The van der Waals surface area contributed by atoms with Gasteiger partial charge in [0.1, 0.15) is 5.82 Å². The van der Waals surface area contributed by atoms with Crippen LogP contribution >= 0.6 is 11.6 Å². The van der Waals surface area contributed by atoms with Crippen LogP contribution in [-0.2, 0) is 9.59 Å². The van der Waals surface area contributed by atoms with Crippen molar-refractivity contribution in [2.75, 3.05) is 16.8 Å². The van der Waals surface area contributed by atoms with Crippen molar-refractivity contribution >= 4 is 34.8 Å². The van der Waals surface area contributed by atoms with Crippen molar-refractivity contribution in [3.8, 4) is 0 Å². The average molecular weight is 363 g/mol. The Morgan fingerprint density at radius 2 is 1.88 bits per heavy atom. The molecule has 2 aromatic rings. The number of hydrogen-bond acceptors (Lipinski definition) is 2. The molecule has 0 aliphatic rings. The molecule has 132 valence electrons. The normalized spacial score (nSPS) is 10.4. The molecule has 0 heterocycles. The summed E-state index contributed by atoms with van der Waals surface area (Å²) in [5, 5.41) is 2.60. The molecule has 1 N–H and O–H groups in total. The van der Waals surface area contributed by atoms with Crippen molar-refractivity contribution in [3.63, 3.8) is 0 Å². The molecule has 4 nitrogen and oxygen atoms in total. The van der Waals surface area contributed by atoms with Crippen molar-refractivity contribution < 1.29 is 14.0 Å². The van der Waals surface area contributed by atoms with Gasteiger partial charge in [0, 0.05) is 31.3 Å². The lowest BCUT2D eigenvalue weighted by molar-refractivity contribution is -0.117. The molecule has 0 fully saturated rings. The summed E-state index contributed by atoms with van der Waals surface area (Å²) in [6.45, 7) is 5.59. The Hall–Kier alpha value is -2.40. The predicted octanol–water partition coefficient (Wildman–Crippen LogP) is 4.48. The third-order valence-electron chi connectivity index (χ3n) is 3.80. The van der Waals surface area contributed by atoms with Crippen LogP contribution in [0.1, 0.15) is 24.5 Å². The number of rotatable bonds is 5. The Balaban J connectivity index is 2.05. The van der Waals surface area contributed by atoms with Crippen LogP contribution in [0.3, 0.4) is 0 Å². The summed E-state index contributed by atoms with van der Waals surface area (Å²) in [6.07, 6.45) is 0.113. The van der Waals surface area contributed by atoms with Crippen LogP contribution in [0.5, 0.6) is 0 Å². The van der Waals surface area contributed by atoms with Crippen molar-refractivity contribution in [1.82, 2.24) is 0 Å². The number of aryl methyl sites for hydroxylation is 2. The molecule has 0 bridgehead atoms. The lowest BCUT2D eigenvalue weighted by atomic mass is 10.1. The number of nitrogens with zero attached hydrogens (tertiary/aromatic N) is 1. The van der Waals surface area contributed by atoms with E-state index in [1.807, 2.05) is 32.0 Å². The second kappa shape index (κ2) is 8.12. The van der Waals surface area contributed by atoms with Crippen LogP contribution in [0.2, 0.25) is 5.02 Å². The molecule has 0 saturated heterocycles. The first-order chi connectivity index (χ1) is 11.8. The minimum Gasteiger partial charge on any atom is -0.326 e. The second-order valence-corrected chi connectivity index (χ2v) is 6.29. The molecule has 0 aliphatic carbocycles. The van der Waals surface area contributed by atoms with Crippen molar-refractivity contribution in [2.45, 2.75) is 27.2 Å². The van der Waals surface area contributed by atoms with Gasteiger partial charge in [-0.25, -0.2) is 4.39 Å². The van der Waals surface area contributed by atoms with E-state index in [1.165, 1.54) is 25.1 Å². The van der Waals surface area contributed by atoms with E-state index in [-0.39, 0.29) is 29.8 Å². The lowest BCUT2D eigenvalue weighted by Crippen LogP contribution is -2.32. The van der Waals surface area contributed by atoms with E-state index < -0.39 is 5.82 Å². The van der Waals surface area contributed by atoms with E-state index in [0.717, 1.165) is 16.8 Å². The van der Waals surface area contributed by atoms with Gasteiger partial charge in [-0.1, -0.05) is 23.7 Å². The van der Waals surface area contributed by atoms with Crippen LogP contribution in [0.4, 0.5) is 15.8 Å². The summed E-state index contributed by atoms with van der Waals surface area (Å²) in [5.41, 5.74) is 3.21. The number of benzene rings is 2. The number of hydrogen-bond donors (Lipinski definition) is 1. The molecule has 0 saturated carbocycles. The number of carbonyl (C=O) groups excluding carboxylic acids is 2. The first-order valence-corrected chi connectivity index (χ1v) is 8.26. The molecule has 2 amide bonds. The fourth-order valence-corrected chi connectivity index (χ4v) is 2.65. The Morgan fingerprint density at radius 3 is 2.52 bits per heavy atom. The summed E-state index contributed by atoms with van der Waals surface area (Å²) < 4.78 is 13.1. The van der Waals surface area contributed by atoms with Gasteiger partial charge in [-0.3, -0.25) is 9.59 Å². The predicted molar refractivity (Wildman–Crippen MR) is 98.6 cm³/mol. The number of nitrogens with one attached hydrogen (secondary N) is 1. The maximum absolute atomic E-state index is 13.1. The van der Waals surface area contributed by atoms with Crippen LogP contribution in [0.15, 0.2) is 36.4 Å². The van der Waals surface area contributed by atoms with Crippen LogP contribution in [-0.4, -0.2) is 18.4 Å². The van der Waals surface area contributed by atoms with E-state index in [2.05, 4.69) is 5.32 Å². The monoisotopic (exact) mass is 362 g/mol. The standard InChI is InChI=1S/C19H20ClFN2O2/c1-12-4-5-13(2)18(10-12)23(14(3)24)9-8-19(25)22-15-6-7-17(21)16(20)11-15/h4-7,10-11H,8-9H2,1-3H3,(H,22,25). The van der Waals surface area contributed by atoms with E-state index >= 15 is 0 Å². The smallest absolute Gasteiger partial charge is 0.226 e. The number of halogens is 2. The molecular formula is C19H20ClFN2O2. The summed E-state index contributed by atoms with van der Waals surface area (Å²) in [6, 6.07) is 9.82. The van der Waals surface area contributed by atoms with Gasteiger partial charge in [0.05, 0.1) is 5.02 Å². The SMILES string of the molecule is CC(=O)N(CCC(=O)Nc1ccc(F)c(Cl)c1)c1cc(C)ccc1C. The maximum Gasteiger partial charge on any atom is 0.226 e. The molecule has 25 heavy (non-hydrogen) atoms. The molecule has 0 unspecified atom stereocenters. The molecule has 2 rings (SSSR count). The molecule has 0 aromatic heterocycles. The van der Waals surface area contributed by atoms with Gasteiger partial charge in [0.25, 0.3) is 0 Å². The van der Waals surface area contributed by atoms with Gasteiger partial charge in [-0.15, -0.1) is 0 Å². The van der Waals surface area contributed by atoms with Crippen molar-refractivity contribution in [3.05, 3.63) is 58.4 Å². The largest absolute Gasteiger partial charge is 0.326 e. The minimum absolute atomic E-state index is 0.0569. The van der Waals surface area contributed by atoms with Crippen LogP contribution < -0.4 is 10.2 Å². The first kappa shape index (κ1) is 18.9. The quantitative estimate of drug-likeness (QED) is 0.852. The van der Waals surface area contributed by atoms with Crippen molar-refractivity contribution in [2.24, 2.45) is 0 Å². The second-order valence-electron chi connectivity index (χ2n) is 5.89. The van der Waals surface area contributed by atoms with Gasteiger partial charge in [-0.2, -0.15) is 0 Å². The number of anilines is 2. The Labute approximate surface area is 151 Å². The minimum atomic E-state index is -0.544. The van der Waals surface area contributed by atoms with E-state index in [9.17, 15) is 14.0 Å². The molecule has 2 aromatic carbocycles. The fraction of sp³-hybridized carbons (Fsp3) is 0.263. The zero-order valence-electron chi connectivity index (χ0n) is 14.4. The molecule has 0 aliphatic heterocycles. The molecule has 0 atom stereocenters. The van der Waals surface area contributed by atoms with E-state index in [0.29, 0.717) is 5.69 Å². The van der Waals surface area contributed by atoms with Gasteiger partial charge in [0.15, 0.2) is 0 Å². The maximum atomic E-state index is 13.1. The lowest BCUT2D eigenvalue weighted by Gasteiger charge is -2.23. The van der Waals surface area contributed by atoms with Crippen molar-refractivity contribution in [1.29, 1.82) is 0 Å². The topological polar surface area (TPSA) is 49.4 Å². The van der Waals surface area contributed by atoms with E-state index in [4.69, 9.17) is 11.6 Å². The van der Waals surface area contributed by atoms with Gasteiger partial charge >= 0.3 is 0 Å². The van der Waals surface area contributed by atoms with Crippen LogP contribution in [0, 0.1) is 19.7 Å². The fourth-order valence-electron chi connectivity index (χ4n) is 2.47. The van der Waals surface area contributed by atoms with Crippen LogP contribution in [0.25, 0.3) is 0 Å². The Morgan fingerprint density at radius 1 is 1.16 bits per heavy atom. The highest BCUT2D eigenvalue weighted by Gasteiger charge is 2.16. The highest BCUT2D eigenvalue weighted by molar-refractivity contribution is 6.31. The molecule has 6 heteroatoms. The van der Waals surface area contributed by atoms with Gasteiger partial charge < -0.3 is 10.2 Å². The number of carbonyl (C=O) groups is 2. The summed E-state index contributed by atoms with van der Waals surface area (Å²) in [7, 11) is 0. The average Bonchev–Trinajstić information content (AvgIpc) is 2.54. The Bertz CT molecular complexity index is 808. The van der Waals surface area contributed by atoms with E-state index in [1.54, 1.807) is 4.90 Å². The highest BCUT2D eigenvalue weighted by atomic mass is 35.5. The zero-order chi connectivity index (χ0) is 18.6. The highest BCUT2D eigenvalue weighted by Crippen LogP contribution is 2.23. The zero-order valence-corrected chi connectivity index (χ0v) is 15.2. The van der Waals surface area contributed by atoms with Gasteiger partial charge in [0.2, 0.25) is 11.8 Å². The molecule has 0 radical (unpaired) electrons. The third kappa shape index (κ3) is 5.03. The Kier molecular flexibility index (Phi) is 6.15.